The lowest BCUT2D eigenvalue weighted by molar-refractivity contribution is -0.167. The summed E-state index contributed by atoms with van der Waals surface area (Å²) in [6, 6.07) is 11.6. The molecule has 0 spiro atoms. The van der Waals surface area contributed by atoms with Crippen LogP contribution in [0.3, 0.4) is 0 Å². The summed E-state index contributed by atoms with van der Waals surface area (Å²) < 4.78 is 84.4. The van der Waals surface area contributed by atoms with E-state index >= 15 is 0 Å². The first-order valence-corrected chi connectivity index (χ1v) is 15.7. The van der Waals surface area contributed by atoms with E-state index in [0.717, 1.165) is 29.4 Å². The molecule has 0 aliphatic carbocycles. The van der Waals surface area contributed by atoms with Gasteiger partial charge in [-0.1, -0.05) is 35.9 Å². The van der Waals surface area contributed by atoms with E-state index in [-0.39, 0.29) is 42.5 Å². The number of fused-ring (bicyclic) bond motifs is 3. The summed E-state index contributed by atoms with van der Waals surface area (Å²) in [5, 5.41) is 19.7. The van der Waals surface area contributed by atoms with Gasteiger partial charge in [-0.2, -0.15) is 13.2 Å². The number of aliphatic carboxylic acids is 2. The van der Waals surface area contributed by atoms with E-state index in [1.54, 1.807) is 25.1 Å². The summed E-state index contributed by atoms with van der Waals surface area (Å²) in [4.78, 5) is 26.5. The Morgan fingerprint density at radius 2 is 1.63 bits per heavy atom. The molecule has 3 aromatic carbocycles. The lowest BCUT2D eigenvalue weighted by Gasteiger charge is -2.51. The third-order valence-corrected chi connectivity index (χ3v) is 10.5. The standard InChI is InChI=1S/C31H28ClF4N3O6S/c1-18(27-23(32)7-4-8-24(27)33)13-19-9-10-25-26(14-19)39(46(44,45)22-6-3-5-20(15-22)31(34,35)36)17-21-16-37(11-12-38(21)25)30(2,28(40)41)29(42)43/h3-10,13-15,21H,11-12,16-17H2,1-2H3,(H,40,41)(H,42,43). The zero-order valence-electron chi connectivity index (χ0n) is 24.4. The first-order valence-electron chi connectivity index (χ1n) is 13.9. The largest absolute Gasteiger partial charge is 0.479 e. The van der Waals surface area contributed by atoms with Gasteiger partial charge in [-0.05, 0) is 67.4 Å². The zero-order valence-corrected chi connectivity index (χ0v) is 26.0. The maximum absolute atomic E-state index is 14.6. The Labute approximate surface area is 267 Å². The molecule has 0 saturated carbocycles. The molecule has 0 aromatic heterocycles. The third-order valence-electron chi connectivity index (χ3n) is 8.39. The number of halogens is 5. The Morgan fingerprint density at radius 3 is 2.26 bits per heavy atom. The molecule has 1 unspecified atom stereocenters. The van der Waals surface area contributed by atoms with Crippen molar-refractivity contribution in [1.82, 2.24) is 4.90 Å². The number of anilines is 2. The highest BCUT2D eigenvalue weighted by Gasteiger charge is 2.51. The van der Waals surface area contributed by atoms with Crippen molar-refractivity contribution in [2.45, 2.75) is 36.5 Å². The summed E-state index contributed by atoms with van der Waals surface area (Å²) in [7, 11) is -4.65. The molecule has 1 atom stereocenters. The number of carboxylic acid groups (broad SMARTS) is 2. The Balaban J connectivity index is 1.63. The minimum atomic E-state index is -4.81. The van der Waals surface area contributed by atoms with E-state index in [4.69, 9.17) is 11.6 Å². The topological polar surface area (TPSA) is 118 Å². The fourth-order valence-electron chi connectivity index (χ4n) is 5.84. The maximum Gasteiger partial charge on any atom is 0.416 e. The van der Waals surface area contributed by atoms with Crippen molar-refractivity contribution < 1.29 is 45.8 Å². The van der Waals surface area contributed by atoms with Gasteiger partial charge in [0.25, 0.3) is 10.0 Å². The summed E-state index contributed by atoms with van der Waals surface area (Å²) in [5.41, 5.74) is -1.94. The van der Waals surface area contributed by atoms with Gasteiger partial charge in [-0.15, -0.1) is 0 Å². The van der Waals surface area contributed by atoms with Gasteiger partial charge >= 0.3 is 18.1 Å². The highest BCUT2D eigenvalue weighted by atomic mass is 35.5. The van der Waals surface area contributed by atoms with E-state index in [1.165, 1.54) is 29.2 Å². The molecule has 5 rings (SSSR count). The molecular weight excluding hydrogens is 654 g/mol. The van der Waals surface area contributed by atoms with Crippen LogP contribution in [0.5, 0.6) is 0 Å². The molecular formula is C31H28ClF4N3O6S. The number of hydrogen-bond donors (Lipinski definition) is 2. The molecule has 2 heterocycles. The molecule has 244 valence electrons. The van der Waals surface area contributed by atoms with Crippen molar-refractivity contribution in [2.24, 2.45) is 0 Å². The van der Waals surface area contributed by atoms with Gasteiger partial charge in [0.2, 0.25) is 5.54 Å². The summed E-state index contributed by atoms with van der Waals surface area (Å²) >= 11 is 6.23. The van der Waals surface area contributed by atoms with Crippen LogP contribution in [0, 0.1) is 5.82 Å². The summed E-state index contributed by atoms with van der Waals surface area (Å²) in [6.07, 6.45) is -3.22. The zero-order chi connectivity index (χ0) is 33.8. The molecule has 3 aromatic rings. The molecule has 9 nitrogen and oxygen atoms in total. The minimum absolute atomic E-state index is 0.0119. The van der Waals surface area contributed by atoms with Gasteiger partial charge in [0, 0.05) is 25.2 Å². The van der Waals surface area contributed by atoms with Gasteiger partial charge in [-0.25, -0.2) is 22.4 Å². The third kappa shape index (κ3) is 5.80. The van der Waals surface area contributed by atoms with Gasteiger partial charge < -0.3 is 15.1 Å². The lowest BCUT2D eigenvalue weighted by Crippen LogP contribution is -2.68. The van der Waals surface area contributed by atoms with Crippen LogP contribution in [0.4, 0.5) is 28.9 Å². The number of allylic oxidation sites excluding steroid dienone is 1. The number of benzene rings is 3. The van der Waals surface area contributed by atoms with E-state index < -0.39 is 56.0 Å². The Hall–Kier alpha value is -4.14. The number of nitrogens with zero attached hydrogens (tertiary/aromatic N) is 3. The Kier molecular flexibility index (Phi) is 8.60. The van der Waals surface area contributed by atoms with E-state index in [2.05, 4.69) is 0 Å². The van der Waals surface area contributed by atoms with Crippen LogP contribution < -0.4 is 9.21 Å². The molecule has 0 bridgehead atoms. The van der Waals surface area contributed by atoms with E-state index in [1.807, 2.05) is 4.90 Å². The first-order chi connectivity index (χ1) is 21.5. The molecule has 1 fully saturated rings. The second kappa shape index (κ2) is 11.9. The van der Waals surface area contributed by atoms with Crippen molar-refractivity contribution in [3.05, 3.63) is 88.2 Å². The van der Waals surface area contributed by atoms with Crippen LogP contribution >= 0.6 is 11.6 Å². The Morgan fingerprint density at radius 1 is 0.957 bits per heavy atom. The molecule has 2 N–H and O–H groups in total. The second-order valence-electron chi connectivity index (χ2n) is 11.2. The molecule has 15 heteroatoms. The van der Waals surface area contributed by atoms with Crippen LogP contribution in [0.25, 0.3) is 11.6 Å². The Bertz CT molecular complexity index is 1830. The van der Waals surface area contributed by atoms with Crippen molar-refractivity contribution in [3.63, 3.8) is 0 Å². The van der Waals surface area contributed by atoms with E-state index in [0.29, 0.717) is 22.9 Å². The summed E-state index contributed by atoms with van der Waals surface area (Å²) in [5.74, 6) is -3.76. The number of hydrogen-bond acceptors (Lipinski definition) is 6. The number of sulfonamides is 1. The monoisotopic (exact) mass is 681 g/mol. The van der Waals surface area contributed by atoms with Crippen molar-refractivity contribution in [1.29, 1.82) is 0 Å². The van der Waals surface area contributed by atoms with E-state index in [9.17, 15) is 45.8 Å². The fourth-order valence-corrected chi connectivity index (χ4v) is 7.71. The normalized spacial score (nSPS) is 17.8. The molecule has 2 aliphatic heterocycles. The van der Waals surface area contributed by atoms with Crippen molar-refractivity contribution in [2.75, 3.05) is 35.4 Å². The van der Waals surface area contributed by atoms with Crippen LogP contribution in [-0.2, 0) is 25.8 Å². The van der Waals surface area contributed by atoms with Gasteiger partial charge in [0.15, 0.2) is 0 Å². The second-order valence-corrected chi connectivity index (χ2v) is 13.5. The van der Waals surface area contributed by atoms with Crippen molar-refractivity contribution in [3.8, 4) is 0 Å². The number of carboxylic acids is 2. The molecule has 1 saturated heterocycles. The molecule has 0 amide bonds. The van der Waals surface area contributed by atoms with Gasteiger partial charge in [-0.3, -0.25) is 9.21 Å². The van der Waals surface area contributed by atoms with Crippen LogP contribution in [-0.4, -0.2) is 73.2 Å². The average Bonchev–Trinajstić information content (AvgIpc) is 2.99. The highest BCUT2D eigenvalue weighted by molar-refractivity contribution is 7.92. The predicted molar refractivity (Wildman–Crippen MR) is 164 cm³/mol. The molecule has 0 radical (unpaired) electrons. The van der Waals surface area contributed by atoms with Crippen LogP contribution in [0.15, 0.2) is 65.6 Å². The van der Waals surface area contributed by atoms with Gasteiger partial charge in [0.05, 0.1) is 39.4 Å². The van der Waals surface area contributed by atoms with Crippen molar-refractivity contribution >= 4 is 56.6 Å². The first kappa shape index (κ1) is 33.2. The quantitative estimate of drug-likeness (QED) is 0.186. The van der Waals surface area contributed by atoms with Crippen LogP contribution in [0.1, 0.15) is 30.5 Å². The SMILES string of the molecule is CC(=Cc1ccc2c(c1)N(S(=O)(=O)c1cccc(C(F)(F)F)c1)CC1CN(C(C)(C(=O)O)C(=O)O)CCN21)c1c(F)cccc1Cl. The lowest BCUT2D eigenvalue weighted by atomic mass is 9.95. The predicted octanol–water partition coefficient (Wildman–Crippen LogP) is 5.69. The fraction of sp³-hybridized carbons (Fsp3) is 0.290. The number of alkyl halides is 3. The van der Waals surface area contributed by atoms with Crippen LogP contribution in [0.2, 0.25) is 5.02 Å². The number of rotatable bonds is 7. The number of carbonyl (C=O) groups is 2. The maximum atomic E-state index is 14.6. The summed E-state index contributed by atoms with van der Waals surface area (Å²) in [6.45, 7) is 2.31. The average molecular weight is 682 g/mol. The minimum Gasteiger partial charge on any atom is -0.479 e. The smallest absolute Gasteiger partial charge is 0.416 e. The van der Waals surface area contributed by atoms with Gasteiger partial charge in [0.1, 0.15) is 5.82 Å². The highest BCUT2D eigenvalue weighted by Crippen LogP contribution is 2.42. The molecule has 2 aliphatic rings. The molecule has 46 heavy (non-hydrogen) atoms. The number of piperazine rings is 1.